The van der Waals surface area contributed by atoms with Crippen LogP contribution in [-0.2, 0) is 22.3 Å². The molecule has 2 aromatic carbocycles. The first kappa shape index (κ1) is 22.6. The number of esters is 1. The van der Waals surface area contributed by atoms with Gasteiger partial charge in [-0.25, -0.2) is 0 Å². The lowest BCUT2D eigenvalue weighted by atomic mass is 9.96. The fraction of sp³-hybridized carbons (Fsp3) is 0.292. The van der Waals surface area contributed by atoms with Gasteiger partial charge in [0, 0.05) is 30.3 Å². The Kier molecular flexibility index (Phi) is 6.48. The van der Waals surface area contributed by atoms with E-state index in [-0.39, 0.29) is 30.0 Å². The Hall–Kier alpha value is -3.62. The molecule has 0 saturated carbocycles. The molecular formula is C24H21F3N2O4. The number of benzene rings is 2. The Morgan fingerprint density at radius 3 is 2.33 bits per heavy atom. The first-order valence-electron chi connectivity index (χ1n) is 10.5. The molecule has 9 heteroatoms. The van der Waals surface area contributed by atoms with Gasteiger partial charge in [0.2, 0.25) is 0 Å². The van der Waals surface area contributed by atoms with Gasteiger partial charge in [-0.05, 0) is 37.1 Å². The highest BCUT2D eigenvalue weighted by atomic mass is 19.4. The third kappa shape index (κ3) is 5.42. The Morgan fingerprint density at radius 1 is 1.03 bits per heavy atom. The molecule has 4 rings (SSSR count). The second-order valence-corrected chi connectivity index (χ2v) is 7.79. The quantitative estimate of drug-likeness (QED) is 0.506. The molecule has 6 nitrogen and oxygen atoms in total. The molecule has 0 bridgehead atoms. The molecule has 172 valence electrons. The minimum atomic E-state index is -4.45. The van der Waals surface area contributed by atoms with Crippen molar-refractivity contribution >= 4 is 11.9 Å². The number of ether oxygens (including phenoxy) is 1. The molecule has 1 aromatic heterocycles. The maximum Gasteiger partial charge on any atom is 0.416 e. The number of carbonyl (C=O) groups is 2. The molecular weight excluding hydrogens is 437 g/mol. The number of alkyl halides is 3. The predicted octanol–water partition coefficient (Wildman–Crippen LogP) is 4.96. The second kappa shape index (κ2) is 9.48. The molecule has 3 aromatic rings. The summed E-state index contributed by atoms with van der Waals surface area (Å²) in [7, 11) is 0. The maximum atomic E-state index is 12.7. The average molecular weight is 458 g/mol. The highest BCUT2D eigenvalue weighted by molar-refractivity contribution is 5.94. The van der Waals surface area contributed by atoms with Gasteiger partial charge in [0.15, 0.2) is 12.4 Å². The Morgan fingerprint density at radius 2 is 1.70 bits per heavy atom. The predicted molar refractivity (Wildman–Crippen MR) is 112 cm³/mol. The van der Waals surface area contributed by atoms with E-state index < -0.39 is 11.7 Å². The smallest absolute Gasteiger partial charge is 0.416 e. The van der Waals surface area contributed by atoms with Crippen molar-refractivity contribution in [3.63, 3.8) is 0 Å². The van der Waals surface area contributed by atoms with Gasteiger partial charge in [0.05, 0.1) is 11.5 Å². The highest BCUT2D eigenvalue weighted by Gasteiger charge is 2.32. The SMILES string of the molecule is O=C(OCc1cc(-c2ccccc2)no1)C1CCN(C(=O)c2ccc(C(F)(F)F)cc2)CC1. The van der Waals surface area contributed by atoms with E-state index >= 15 is 0 Å². The van der Waals surface area contributed by atoms with Gasteiger partial charge >= 0.3 is 12.1 Å². The topological polar surface area (TPSA) is 72.6 Å². The van der Waals surface area contributed by atoms with Crippen molar-refractivity contribution in [1.82, 2.24) is 10.1 Å². The largest absolute Gasteiger partial charge is 0.457 e. The Bertz CT molecular complexity index is 1100. The van der Waals surface area contributed by atoms with Crippen LogP contribution in [0.2, 0.25) is 0 Å². The second-order valence-electron chi connectivity index (χ2n) is 7.79. The molecule has 33 heavy (non-hydrogen) atoms. The summed E-state index contributed by atoms with van der Waals surface area (Å²) in [5, 5.41) is 3.98. The molecule has 1 saturated heterocycles. The molecule has 1 aliphatic rings. The third-order valence-corrected chi connectivity index (χ3v) is 5.56. The third-order valence-electron chi connectivity index (χ3n) is 5.56. The van der Waals surface area contributed by atoms with Crippen LogP contribution in [0.4, 0.5) is 13.2 Å². The first-order valence-corrected chi connectivity index (χ1v) is 10.5. The summed E-state index contributed by atoms with van der Waals surface area (Å²) in [5.74, 6) is -0.671. The number of piperidine rings is 1. The zero-order valence-electron chi connectivity index (χ0n) is 17.5. The summed E-state index contributed by atoms with van der Waals surface area (Å²) in [4.78, 5) is 26.5. The fourth-order valence-electron chi connectivity index (χ4n) is 3.69. The first-order chi connectivity index (χ1) is 15.8. The number of halogens is 3. The van der Waals surface area contributed by atoms with E-state index in [0.29, 0.717) is 37.4 Å². The molecule has 0 unspecified atom stereocenters. The van der Waals surface area contributed by atoms with Gasteiger partial charge in [0.25, 0.3) is 5.91 Å². The highest BCUT2D eigenvalue weighted by Crippen LogP contribution is 2.29. The van der Waals surface area contributed by atoms with Gasteiger partial charge < -0.3 is 14.2 Å². The van der Waals surface area contributed by atoms with E-state index in [1.807, 2.05) is 30.3 Å². The lowest BCUT2D eigenvalue weighted by Crippen LogP contribution is -2.40. The van der Waals surface area contributed by atoms with Gasteiger partial charge in [0.1, 0.15) is 5.69 Å². The van der Waals surface area contributed by atoms with Crippen molar-refractivity contribution in [1.29, 1.82) is 0 Å². The van der Waals surface area contributed by atoms with Crippen LogP contribution in [0.15, 0.2) is 65.2 Å². The summed E-state index contributed by atoms with van der Waals surface area (Å²) in [6.45, 7) is 0.601. The zero-order valence-corrected chi connectivity index (χ0v) is 17.5. The number of amides is 1. The maximum absolute atomic E-state index is 12.7. The number of hydrogen-bond acceptors (Lipinski definition) is 5. The van der Waals surface area contributed by atoms with Gasteiger partial charge in [-0.15, -0.1) is 0 Å². The molecule has 1 aliphatic heterocycles. The normalized spacial score (nSPS) is 14.8. The molecule has 0 aliphatic carbocycles. The average Bonchev–Trinajstić information content (AvgIpc) is 3.31. The van der Waals surface area contributed by atoms with E-state index in [9.17, 15) is 22.8 Å². The van der Waals surface area contributed by atoms with Crippen LogP contribution in [0.1, 0.15) is 34.5 Å². The van der Waals surface area contributed by atoms with Crippen molar-refractivity contribution in [2.75, 3.05) is 13.1 Å². The number of likely N-dealkylation sites (tertiary alicyclic amines) is 1. The van der Waals surface area contributed by atoms with Crippen LogP contribution < -0.4 is 0 Å². The number of nitrogens with zero attached hydrogens (tertiary/aromatic N) is 2. The fourth-order valence-corrected chi connectivity index (χ4v) is 3.69. The van der Waals surface area contributed by atoms with E-state index in [4.69, 9.17) is 9.26 Å². The number of carbonyl (C=O) groups excluding carboxylic acids is 2. The number of rotatable bonds is 5. The Labute approximate surface area is 187 Å². The standard InChI is InChI=1S/C24H21F3N2O4/c25-24(26,27)19-8-6-17(7-9-19)22(30)29-12-10-18(11-13-29)23(31)32-15-20-14-21(28-33-20)16-4-2-1-3-5-16/h1-9,14,18H,10-13,15H2. The monoisotopic (exact) mass is 458 g/mol. The number of hydrogen-bond donors (Lipinski definition) is 0. The molecule has 2 heterocycles. The van der Waals surface area contributed by atoms with Crippen molar-refractivity contribution in [3.05, 3.63) is 77.6 Å². The van der Waals surface area contributed by atoms with Crippen LogP contribution in [-0.4, -0.2) is 35.0 Å². The van der Waals surface area contributed by atoms with Crippen LogP contribution in [0.3, 0.4) is 0 Å². The molecule has 0 spiro atoms. The van der Waals surface area contributed by atoms with Gasteiger partial charge in [-0.1, -0.05) is 35.5 Å². The van der Waals surface area contributed by atoms with E-state index in [1.54, 1.807) is 6.07 Å². The lowest BCUT2D eigenvalue weighted by molar-refractivity contribution is -0.152. The molecule has 0 radical (unpaired) electrons. The Balaban J connectivity index is 1.26. The lowest BCUT2D eigenvalue weighted by Gasteiger charge is -2.31. The number of aromatic nitrogens is 1. The van der Waals surface area contributed by atoms with Crippen LogP contribution in [0.25, 0.3) is 11.3 Å². The van der Waals surface area contributed by atoms with E-state index in [2.05, 4.69) is 5.16 Å². The summed E-state index contributed by atoms with van der Waals surface area (Å²) < 4.78 is 48.7. The summed E-state index contributed by atoms with van der Waals surface area (Å²) in [6.07, 6.45) is -3.62. The summed E-state index contributed by atoms with van der Waals surface area (Å²) in [5.41, 5.74) is 0.923. The van der Waals surface area contributed by atoms with E-state index in [1.165, 1.54) is 17.0 Å². The minimum Gasteiger partial charge on any atom is -0.457 e. The van der Waals surface area contributed by atoms with Crippen LogP contribution in [0, 0.1) is 5.92 Å². The molecule has 1 fully saturated rings. The van der Waals surface area contributed by atoms with Gasteiger partial charge in [-0.3, -0.25) is 9.59 Å². The molecule has 0 atom stereocenters. The zero-order chi connectivity index (χ0) is 23.4. The molecule has 0 N–H and O–H groups in total. The van der Waals surface area contributed by atoms with Crippen molar-refractivity contribution in [3.8, 4) is 11.3 Å². The van der Waals surface area contributed by atoms with Gasteiger partial charge in [-0.2, -0.15) is 13.2 Å². The summed E-state index contributed by atoms with van der Waals surface area (Å²) in [6, 6.07) is 15.3. The van der Waals surface area contributed by atoms with Crippen molar-refractivity contribution in [2.24, 2.45) is 5.92 Å². The van der Waals surface area contributed by atoms with Crippen LogP contribution in [0.5, 0.6) is 0 Å². The van der Waals surface area contributed by atoms with Crippen molar-refractivity contribution < 1.29 is 32.0 Å². The minimum absolute atomic E-state index is 0.0383. The molecule has 1 amide bonds. The van der Waals surface area contributed by atoms with E-state index in [0.717, 1.165) is 17.7 Å². The van der Waals surface area contributed by atoms with Crippen LogP contribution >= 0.6 is 0 Å². The van der Waals surface area contributed by atoms with Crippen molar-refractivity contribution in [2.45, 2.75) is 25.6 Å². The summed E-state index contributed by atoms with van der Waals surface area (Å²) >= 11 is 0.